The molecule has 23 heavy (non-hydrogen) atoms. The summed E-state index contributed by atoms with van der Waals surface area (Å²) in [6, 6.07) is 6.17. The Kier molecular flexibility index (Phi) is 3.62. The summed E-state index contributed by atoms with van der Waals surface area (Å²) in [7, 11) is 2.19. The number of H-pyrrole nitrogens is 1. The molecule has 1 aliphatic carbocycles. The Bertz CT molecular complexity index is 939. The van der Waals surface area contributed by atoms with Gasteiger partial charge < -0.3 is 10.3 Å². The Balaban J connectivity index is 2.08. The molecule has 0 radical (unpaired) electrons. The first-order chi connectivity index (χ1) is 11.2. The number of nitrogens with zero attached hydrogens (tertiary/aromatic N) is 2. The van der Waals surface area contributed by atoms with Crippen molar-refractivity contribution in [3.05, 3.63) is 39.3 Å². The number of halogens is 1. The van der Waals surface area contributed by atoms with Crippen LogP contribution in [0.3, 0.4) is 0 Å². The minimum atomic E-state index is 0.0589. The molecule has 0 unspecified atom stereocenters. The molecule has 3 N–H and O–H groups in total. The van der Waals surface area contributed by atoms with E-state index in [-0.39, 0.29) is 5.56 Å². The summed E-state index contributed by atoms with van der Waals surface area (Å²) in [5, 5.41) is 10.5. The summed E-state index contributed by atoms with van der Waals surface area (Å²) >= 11 is 0. The Hall–Kier alpha value is -1.85. The topological polar surface area (TPSA) is 76.7 Å². The number of aromatic nitrogens is 3. The number of rotatable bonds is 5. The Morgan fingerprint density at radius 1 is 1.43 bits per heavy atom. The highest BCUT2D eigenvalue weighted by molar-refractivity contribution is 6.04. The molecule has 2 heterocycles. The van der Waals surface area contributed by atoms with Gasteiger partial charge in [0.1, 0.15) is 5.52 Å². The summed E-state index contributed by atoms with van der Waals surface area (Å²) in [6.07, 6.45) is 5.07. The van der Waals surface area contributed by atoms with Crippen molar-refractivity contribution in [2.75, 3.05) is 12.9 Å². The fourth-order valence-electron chi connectivity index (χ4n) is 3.20. The second-order valence-electron chi connectivity index (χ2n) is 6.08. The molecular weight excluding hydrogens is 312 g/mol. The number of aryl methyl sites for hydroxylation is 1. The van der Waals surface area contributed by atoms with Gasteiger partial charge in [0.05, 0.1) is 16.6 Å². The smallest absolute Gasteiger partial charge is 0.262 e. The van der Waals surface area contributed by atoms with Crippen molar-refractivity contribution < 1.29 is 10.8 Å². The van der Waals surface area contributed by atoms with Crippen LogP contribution < -0.4 is 11.3 Å². The Morgan fingerprint density at radius 3 is 2.96 bits per heavy atom. The first-order valence-corrected chi connectivity index (χ1v) is 9.12. The second kappa shape index (κ2) is 5.65. The third-order valence-electron chi connectivity index (χ3n) is 4.55. The van der Waals surface area contributed by atoms with Crippen LogP contribution in [-0.4, -0.2) is 27.7 Å². The molecule has 0 amide bonds. The SMILES string of the molecule is C[Cl+]c1ccc2c(c1)c1n[nH]c(C3CC3)c1c(=O)n2CCCN. The zero-order valence-corrected chi connectivity index (χ0v) is 13.9. The van der Waals surface area contributed by atoms with Gasteiger partial charge in [-0.3, -0.25) is 9.89 Å². The van der Waals surface area contributed by atoms with E-state index in [0.717, 1.165) is 51.8 Å². The molecule has 0 bridgehead atoms. The molecule has 0 spiro atoms. The van der Waals surface area contributed by atoms with Crippen molar-refractivity contribution in [3.63, 3.8) is 0 Å². The zero-order chi connectivity index (χ0) is 16.0. The number of benzene rings is 1. The number of hydrogen-bond donors (Lipinski definition) is 2. The van der Waals surface area contributed by atoms with Crippen LogP contribution in [0.2, 0.25) is 5.02 Å². The van der Waals surface area contributed by atoms with Gasteiger partial charge in [-0.25, -0.2) is 0 Å². The first-order valence-electron chi connectivity index (χ1n) is 7.98. The zero-order valence-electron chi connectivity index (χ0n) is 13.1. The number of aromatic amines is 1. The van der Waals surface area contributed by atoms with Gasteiger partial charge in [0.15, 0.2) is 17.2 Å². The molecular formula is C17H20ClN4O+. The molecule has 1 fully saturated rings. The van der Waals surface area contributed by atoms with Gasteiger partial charge in [0, 0.05) is 30.0 Å². The maximum Gasteiger partial charge on any atom is 0.262 e. The quantitative estimate of drug-likeness (QED) is 0.704. The summed E-state index contributed by atoms with van der Waals surface area (Å²) < 4.78 is 1.86. The normalized spacial score (nSPS) is 14.9. The lowest BCUT2D eigenvalue weighted by atomic mass is 10.1. The van der Waals surface area contributed by atoms with Gasteiger partial charge >= 0.3 is 0 Å². The average Bonchev–Trinajstić information content (AvgIpc) is 3.32. The van der Waals surface area contributed by atoms with Crippen molar-refractivity contribution in [1.82, 2.24) is 14.8 Å². The van der Waals surface area contributed by atoms with E-state index in [1.807, 2.05) is 23.1 Å². The summed E-state index contributed by atoms with van der Waals surface area (Å²) in [5.41, 5.74) is 8.47. The monoisotopic (exact) mass is 331 g/mol. The maximum atomic E-state index is 13.1. The number of pyridine rings is 1. The van der Waals surface area contributed by atoms with E-state index < -0.39 is 0 Å². The molecule has 0 saturated heterocycles. The number of hydrogen-bond acceptors (Lipinski definition) is 3. The summed E-state index contributed by atoms with van der Waals surface area (Å²) in [6.45, 7) is 1.22. The highest BCUT2D eigenvalue weighted by Crippen LogP contribution is 2.42. The third kappa shape index (κ3) is 2.35. The van der Waals surface area contributed by atoms with Crippen LogP contribution in [0.25, 0.3) is 21.8 Å². The third-order valence-corrected chi connectivity index (χ3v) is 5.22. The van der Waals surface area contributed by atoms with E-state index in [4.69, 9.17) is 5.73 Å². The molecule has 5 nitrogen and oxygen atoms in total. The fraction of sp³-hybridized carbons (Fsp3) is 0.412. The predicted octanol–water partition coefficient (Wildman–Crippen LogP) is 2.23. The van der Waals surface area contributed by atoms with E-state index in [1.54, 1.807) is 0 Å². The van der Waals surface area contributed by atoms with E-state index in [0.29, 0.717) is 19.0 Å². The standard InChI is InChI=1S/C17H19ClN4O/c1-18-11-5-6-13-12(9-11)16-14(15(20-21-16)10-3-4-10)17(23)22(13)8-2-7-19/h5-6,9-10H,2-4,7-8,19H2,1H3/p+1. The van der Waals surface area contributed by atoms with Crippen LogP contribution in [0.15, 0.2) is 23.0 Å². The lowest BCUT2D eigenvalue weighted by molar-refractivity contribution is -0.566. The van der Waals surface area contributed by atoms with Gasteiger partial charge in [-0.05, 0) is 31.9 Å². The highest BCUT2D eigenvalue weighted by Gasteiger charge is 2.30. The number of nitrogens with two attached hydrogens (primary N) is 1. The minimum absolute atomic E-state index is 0.0589. The molecule has 0 aliphatic heterocycles. The van der Waals surface area contributed by atoms with Crippen molar-refractivity contribution in [1.29, 1.82) is 0 Å². The molecule has 3 aromatic rings. The van der Waals surface area contributed by atoms with Crippen molar-refractivity contribution in [3.8, 4) is 0 Å². The Labute approximate surface area is 137 Å². The van der Waals surface area contributed by atoms with Crippen LogP contribution in [0, 0.1) is 10.8 Å². The summed E-state index contributed by atoms with van der Waals surface area (Å²) in [5.74, 6) is 0.466. The maximum absolute atomic E-state index is 13.1. The Morgan fingerprint density at radius 2 is 2.26 bits per heavy atom. The van der Waals surface area contributed by atoms with E-state index in [1.165, 1.54) is 0 Å². The van der Waals surface area contributed by atoms with Crippen molar-refractivity contribution in [2.45, 2.75) is 31.7 Å². The number of nitrogens with one attached hydrogen (secondary N) is 1. The van der Waals surface area contributed by atoms with Crippen LogP contribution >= 0.6 is 0 Å². The van der Waals surface area contributed by atoms with Gasteiger partial charge in [0.25, 0.3) is 5.56 Å². The molecule has 6 heteroatoms. The van der Waals surface area contributed by atoms with Gasteiger partial charge in [-0.2, -0.15) is 5.10 Å². The molecule has 0 atom stereocenters. The van der Waals surface area contributed by atoms with E-state index >= 15 is 0 Å². The molecule has 1 aromatic carbocycles. The lowest BCUT2D eigenvalue weighted by Crippen LogP contribution is -2.22. The van der Waals surface area contributed by atoms with Gasteiger partial charge in [-0.1, -0.05) is 0 Å². The second-order valence-corrected chi connectivity index (χ2v) is 6.90. The molecule has 120 valence electrons. The molecule has 1 aliphatic rings. The van der Waals surface area contributed by atoms with Gasteiger partial charge in [0.2, 0.25) is 5.02 Å². The predicted molar refractivity (Wildman–Crippen MR) is 88.6 cm³/mol. The van der Waals surface area contributed by atoms with Crippen molar-refractivity contribution in [2.24, 2.45) is 5.73 Å². The fourth-order valence-corrected chi connectivity index (χ4v) is 3.61. The van der Waals surface area contributed by atoms with Crippen LogP contribution in [0.5, 0.6) is 0 Å². The number of alkyl halides is 1. The molecule has 4 rings (SSSR count). The number of fused-ring (bicyclic) bond motifs is 3. The van der Waals surface area contributed by atoms with Crippen molar-refractivity contribution >= 4 is 21.8 Å². The van der Waals surface area contributed by atoms with Crippen LogP contribution in [0.4, 0.5) is 0 Å². The largest absolute Gasteiger partial charge is 0.330 e. The van der Waals surface area contributed by atoms with E-state index in [9.17, 15) is 4.79 Å². The molecule has 1 saturated carbocycles. The molecule has 2 aromatic heterocycles. The highest BCUT2D eigenvalue weighted by atomic mass is 35.5. The average molecular weight is 332 g/mol. The first kappa shape index (κ1) is 14.7. The van der Waals surface area contributed by atoms with Crippen LogP contribution in [-0.2, 0) is 6.54 Å². The minimum Gasteiger partial charge on any atom is -0.330 e. The summed E-state index contributed by atoms with van der Waals surface area (Å²) in [4.78, 5) is 13.1. The van der Waals surface area contributed by atoms with Gasteiger partial charge in [-0.15, -0.1) is 0 Å². The van der Waals surface area contributed by atoms with E-state index in [2.05, 4.69) is 27.1 Å². The lowest BCUT2D eigenvalue weighted by Gasteiger charge is -2.10. The van der Waals surface area contributed by atoms with Crippen LogP contribution in [0.1, 0.15) is 30.9 Å².